The largest absolute Gasteiger partial charge is 0.488 e. The number of nitrogens with two attached hydrogens (primary N) is 1. The second-order valence-corrected chi connectivity index (χ2v) is 6.99. The Morgan fingerprint density at radius 3 is 2.69 bits per heavy atom. The zero-order valence-electron chi connectivity index (χ0n) is 17.4. The van der Waals surface area contributed by atoms with Gasteiger partial charge in [0.15, 0.2) is 5.82 Å². The summed E-state index contributed by atoms with van der Waals surface area (Å²) in [5, 5.41) is 30.3. The molecule has 0 radical (unpaired) electrons. The topological polar surface area (TPSA) is 161 Å². The average Bonchev–Trinajstić information content (AvgIpc) is 3.17. The minimum atomic E-state index is -1.55. The van der Waals surface area contributed by atoms with Gasteiger partial charge in [-0.3, -0.25) is 4.79 Å². The third-order valence-electron chi connectivity index (χ3n) is 4.86. The Morgan fingerprint density at radius 2 is 1.97 bits per heavy atom. The van der Waals surface area contributed by atoms with Gasteiger partial charge >= 0.3 is 13.1 Å². The van der Waals surface area contributed by atoms with Crippen LogP contribution in [0.2, 0.25) is 0 Å². The Bertz CT molecular complexity index is 1310. The summed E-state index contributed by atoms with van der Waals surface area (Å²) in [4.78, 5) is 20.7. The Balaban J connectivity index is 1.72. The molecule has 4 aromatic rings. The number of carbonyl (C=O) groups excluding carboxylic acids is 1. The molecule has 4 rings (SSSR count). The molecular weight excluding hydrogens is 413 g/mol. The van der Waals surface area contributed by atoms with Crippen molar-refractivity contribution in [2.24, 2.45) is 5.73 Å². The number of imidazole rings is 1. The van der Waals surface area contributed by atoms with E-state index in [9.17, 15) is 14.8 Å². The van der Waals surface area contributed by atoms with Gasteiger partial charge in [-0.05, 0) is 30.1 Å². The Morgan fingerprint density at radius 1 is 1.19 bits per heavy atom. The summed E-state index contributed by atoms with van der Waals surface area (Å²) in [7, 11) is -0.0957. The lowest BCUT2D eigenvalue weighted by Crippen LogP contribution is -2.30. The number of primary amides is 1. The monoisotopic (exact) mass is 433 g/mol. The van der Waals surface area contributed by atoms with Gasteiger partial charge in [0.2, 0.25) is 0 Å². The number of ether oxygens (including phenoxy) is 1. The minimum Gasteiger partial charge on any atom is -0.468 e. The summed E-state index contributed by atoms with van der Waals surface area (Å²) in [5.41, 5.74) is 8.42. The number of nitrogens with one attached hydrogen (secondary N) is 1. The molecule has 162 valence electrons. The number of aryl methyl sites for hydroxylation is 1. The predicted molar refractivity (Wildman–Crippen MR) is 118 cm³/mol. The summed E-state index contributed by atoms with van der Waals surface area (Å²) >= 11 is 0. The summed E-state index contributed by atoms with van der Waals surface area (Å²) in [5.74, 6) is 0.0574. The van der Waals surface area contributed by atoms with E-state index < -0.39 is 13.0 Å². The molecule has 1 amide bonds. The number of nitrogens with zero attached hydrogens (tertiary/aromatic N) is 5. The van der Waals surface area contributed by atoms with Crippen LogP contribution in [0.3, 0.4) is 0 Å². The van der Waals surface area contributed by atoms with Crippen LogP contribution in [0.15, 0.2) is 42.5 Å². The van der Waals surface area contributed by atoms with E-state index in [1.807, 2.05) is 6.07 Å². The Labute approximate surface area is 183 Å². The number of methoxy groups -OCH3 is 1. The van der Waals surface area contributed by atoms with Gasteiger partial charge in [-0.2, -0.15) is 9.97 Å². The zero-order chi connectivity index (χ0) is 22.8. The maximum Gasteiger partial charge on any atom is 0.488 e. The van der Waals surface area contributed by atoms with Crippen molar-refractivity contribution in [3.05, 3.63) is 59.3 Å². The quantitative estimate of drug-likeness (QED) is 0.292. The van der Waals surface area contributed by atoms with E-state index in [2.05, 4.69) is 25.5 Å². The predicted octanol–water partition coefficient (Wildman–Crippen LogP) is -0.0817. The van der Waals surface area contributed by atoms with Crippen molar-refractivity contribution in [2.45, 2.75) is 13.5 Å². The van der Waals surface area contributed by atoms with E-state index in [1.165, 1.54) is 7.11 Å². The van der Waals surface area contributed by atoms with Gasteiger partial charge in [-0.1, -0.05) is 30.3 Å². The molecule has 0 atom stereocenters. The number of carbonyl (C=O) groups is 1. The highest BCUT2D eigenvalue weighted by Crippen LogP contribution is 2.27. The van der Waals surface area contributed by atoms with E-state index in [4.69, 9.17) is 10.5 Å². The third kappa shape index (κ3) is 3.96. The van der Waals surface area contributed by atoms with Crippen molar-refractivity contribution in [1.29, 1.82) is 0 Å². The summed E-state index contributed by atoms with van der Waals surface area (Å²) in [6.45, 7) is 2.13. The second kappa shape index (κ2) is 8.61. The lowest BCUT2D eigenvalue weighted by molar-refractivity contribution is 0.100. The number of rotatable bonds is 7. The van der Waals surface area contributed by atoms with Crippen molar-refractivity contribution in [3.63, 3.8) is 0 Å². The van der Waals surface area contributed by atoms with Gasteiger partial charge < -0.3 is 25.8 Å². The molecule has 12 heteroatoms. The van der Waals surface area contributed by atoms with Crippen LogP contribution in [-0.4, -0.2) is 54.9 Å². The van der Waals surface area contributed by atoms with Gasteiger partial charge in [-0.15, -0.1) is 10.2 Å². The molecular formula is C20H20BN7O4. The molecule has 5 N–H and O–H groups in total. The van der Waals surface area contributed by atoms with E-state index in [0.29, 0.717) is 34.6 Å². The molecule has 0 aliphatic rings. The molecule has 32 heavy (non-hydrogen) atoms. The number of hydrogen-bond acceptors (Lipinski definition) is 9. The average molecular weight is 433 g/mol. The lowest BCUT2D eigenvalue weighted by atomic mass is 9.80. The Kier molecular flexibility index (Phi) is 5.71. The molecule has 2 aromatic heterocycles. The smallest absolute Gasteiger partial charge is 0.468 e. The second-order valence-electron chi connectivity index (χ2n) is 6.99. The maximum absolute atomic E-state index is 11.8. The fourth-order valence-corrected chi connectivity index (χ4v) is 3.29. The number of amides is 1. The molecule has 0 fully saturated rings. The molecule has 2 aromatic carbocycles. The summed E-state index contributed by atoms with van der Waals surface area (Å²) < 4.78 is 6.92. The molecule has 0 unspecified atom stereocenters. The van der Waals surface area contributed by atoms with Crippen LogP contribution in [0, 0.1) is 6.92 Å². The van der Waals surface area contributed by atoms with Crippen LogP contribution in [0.1, 0.15) is 21.6 Å². The molecule has 0 aliphatic heterocycles. The van der Waals surface area contributed by atoms with Gasteiger partial charge in [0, 0.05) is 6.54 Å². The highest BCUT2D eigenvalue weighted by molar-refractivity contribution is 6.58. The highest BCUT2D eigenvalue weighted by atomic mass is 16.5. The number of aromatic nitrogens is 5. The van der Waals surface area contributed by atoms with Crippen LogP contribution in [0.25, 0.3) is 17.0 Å². The van der Waals surface area contributed by atoms with Crippen molar-refractivity contribution >= 4 is 35.3 Å². The molecule has 0 saturated heterocycles. The lowest BCUT2D eigenvalue weighted by Gasteiger charge is -2.11. The van der Waals surface area contributed by atoms with E-state index >= 15 is 0 Å². The van der Waals surface area contributed by atoms with Crippen LogP contribution < -0.4 is 21.3 Å². The van der Waals surface area contributed by atoms with Crippen molar-refractivity contribution in [1.82, 2.24) is 24.7 Å². The van der Waals surface area contributed by atoms with E-state index in [-0.39, 0.29) is 17.5 Å². The molecule has 0 aliphatic carbocycles. The van der Waals surface area contributed by atoms with E-state index in [0.717, 1.165) is 5.56 Å². The number of hydrogen-bond donors (Lipinski definition) is 4. The highest BCUT2D eigenvalue weighted by Gasteiger charge is 2.20. The number of fused-ring (bicyclic) bond motifs is 1. The van der Waals surface area contributed by atoms with Crippen molar-refractivity contribution in [2.75, 3.05) is 12.4 Å². The van der Waals surface area contributed by atoms with E-state index in [1.54, 1.807) is 47.9 Å². The zero-order valence-corrected chi connectivity index (χ0v) is 17.4. The minimum absolute atomic E-state index is 0.176. The summed E-state index contributed by atoms with van der Waals surface area (Å²) in [6.07, 6.45) is 0. The van der Waals surface area contributed by atoms with Crippen LogP contribution in [-0.2, 0) is 6.54 Å². The van der Waals surface area contributed by atoms with Crippen molar-refractivity contribution in [3.8, 4) is 12.0 Å². The molecule has 11 nitrogen and oxygen atoms in total. The molecule has 2 heterocycles. The first kappa shape index (κ1) is 21.2. The first-order valence-corrected chi connectivity index (χ1v) is 9.65. The maximum atomic E-state index is 11.8. The fourth-order valence-electron chi connectivity index (χ4n) is 3.29. The van der Waals surface area contributed by atoms with Crippen molar-refractivity contribution < 1.29 is 19.6 Å². The van der Waals surface area contributed by atoms with Gasteiger partial charge in [0.1, 0.15) is 11.2 Å². The van der Waals surface area contributed by atoms with Gasteiger partial charge in [-0.25, -0.2) is 4.57 Å². The number of benzene rings is 2. The fraction of sp³-hybridized carbons (Fsp3) is 0.150. The standard InChI is InChI=1S/C20H20BN7O4/c1-11-18(23-10-12-5-3-6-13(9-12)21(30)31)25-19(27-26-11)28-15-8-4-7-14(17(22)29)16(15)24-20(28)32-2/h3-9,30-31H,10H2,1-2H3,(H2,22,29)(H,23,25,27). The normalized spacial score (nSPS) is 10.9. The Hall–Kier alpha value is -4.03. The van der Waals surface area contributed by atoms with Crippen LogP contribution in [0.5, 0.6) is 6.01 Å². The number of para-hydroxylation sites is 1. The van der Waals surface area contributed by atoms with Crippen LogP contribution in [0.4, 0.5) is 5.82 Å². The molecule has 0 spiro atoms. The number of anilines is 1. The van der Waals surface area contributed by atoms with Gasteiger partial charge in [0.05, 0.1) is 18.2 Å². The molecule has 0 saturated carbocycles. The summed E-state index contributed by atoms with van der Waals surface area (Å²) in [6, 6.07) is 12.1. The third-order valence-corrected chi connectivity index (χ3v) is 4.86. The first-order chi connectivity index (χ1) is 15.4. The SMILES string of the molecule is COc1nc2c(C(N)=O)cccc2n1-c1nnc(C)c(NCc2cccc(B(O)O)c2)n1. The molecule has 0 bridgehead atoms. The first-order valence-electron chi connectivity index (χ1n) is 9.65. The van der Waals surface area contributed by atoms with Crippen LogP contribution >= 0.6 is 0 Å². The van der Waals surface area contributed by atoms with Gasteiger partial charge in [0.25, 0.3) is 11.9 Å².